The van der Waals surface area contributed by atoms with Crippen molar-refractivity contribution in [3.05, 3.63) is 72.6 Å². The number of hydrogen-bond donors (Lipinski definition) is 1. The van der Waals surface area contributed by atoms with Gasteiger partial charge in [0, 0.05) is 18.0 Å². The number of pyridine rings is 2. The van der Waals surface area contributed by atoms with E-state index >= 15 is 0 Å². The van der Waals surface area contributed by atoms with Gasteiger partial charge in [-0.05, 0) is 36.4 Å². The van der Waals surface area contributed by atoms with Gasteiger partial charge in [-0.1, -0.05) is 18.2 Å². The Morgan fingerprint density at radius 3 is 1.56 bits per heavy atom. The highest BCUT2D eigenvalue weighted by molar-refractivity contribution is 5.84. The Labute approximate surface area is 176 Å². The van der Waals surface area contributed by atoms with Gasteiger partial charge in [-0.3, -0.25) is 9.97 Å². The molecule has 3 aromatic heterocycles. The number of halogens is 6. The highest BCUT2D eigenvalue weighted by Gasteiger charge is 2.71. The lowest BCUT2D eigenvalue weighted by Crippen LogP contribution is -2.53. The quantitative estimate of drug-likeness (QED) is 0.442. The van der Waals surface area contributed by atoms with Crippen molar-refractivity contribution in [3.63, 3.8) is 0 Å². The first-order chi connectivity index (χ1) is 15.0. The van der Waals surface area contributed by atoms with E-state index < -0.39 is 23.5 Å². The van der Waals surface area contributed by atoms with Gasteiger partial charge in [-0.15, -0.1) is 0 Å². The monoisotopic (exact) mass is 450 g/mol. The van der Waals surface area contributed by atoms with Crippen LogP contribution >= 0.6 is 0 Å². The topological polar surface area (TPSA) is 71.8 Å². The van der Waals surface area contributed by atoms with Crippen LogP contribution in [0.5, 0.6) is 0 Å². The summed E-state index contributed by atoms with van der Waals surface area (Å²) in [7, 11) is 0. The molecule has 0 aliphatic rings. The van der Waals surface area contributed by atoms with E-state index in [0.717, 1.165) is 6.07 Å². The van der Waals surface area contributed by atoms with E-state index in [1.165, 1.54) is 12.4 Å². The van der Waals surface area contributed by atoms with Crippen molar-refractivity contribution in [2.45, 2.75) is 18.0 Å². The van der Waals surface area contributed by atoms with Gasteiger partial charge in [0.25, 0.3) is 5.60 Å². The molecule has 0 atom stereocenters. The number of aromatic nitrogens is 4. The molecular weight excluding hydrogens is 438 g/mol. The first-order valence-corrected chi connectivity index (χ1v) is 9.03. The van der Waals surface area contributed by atoms with Gasteiger partial charge in [-0.25, -0.2) is 9.97 Å². The summed E-state index contributed by atoms with van der Waals surface area (Å²) in [6, 6.07) is 11.8. The molecule has 4 rings (SSSR count). The number of nitrogens with zero attached hydrogens (tertiary/aromatic N) is 4. The summed E-state index contributed by atoms with van der Waals surface area (Å²) in [5.41, 5.74) is -5.74. The summed E-state index contributed by atoms with van der Waals surface area (Å²) in [6.45, 7) is 0. The second kappa shape index (κ2) is 7.52. The maximum Gasteiger partial charge on any atom is 0.430 e. The zero-order valence-corrected chi connectivity index (χ0v) is 15.9. The van der Waals surface area contributed by atoms with Crippen LogP contribution in [0.3, 0.4) is 0 Å². The van der Waals surface area contributed by atoms with Crippen molar-refractivity contribution in [2.75, 3.05) is 0 Å². The minimum Gasteiger partial charge on any atom is -0.369 e. The summed E-state index contributed by atoms with van der Waals surface area (Å²) in [6.07, 6.45) is -9.07. The van der Waals surface area contributed by atoms with E-state index in [2.05, 4.69) is 19.9 Å². The molecule has 0 aliphatic heterocycles. The number of fused-ring (bicyclic) bond motifs is 1. The van der Waals surface area contributed by atoms with Crippen molar-refractivity contribution in [1.82, 2.24) is 19.9 Å². The molecule has 0 amide bonds. The summed E-state index contributed by atoms with van der Waals surface area (Å²) >= 11 is 0. The van der Waals surface area contributed by atoms with E-state index in [-0.39, 0.29) is 28.1 Å². The Balaban J connectivity index is 1.99. The Hall–Kier alpha value is -3.60. The zero-order chi connectivity index (χ0) is 23.1. The van der Waals surface area contributed by atoms with E-state index in [0.29, 0.717) is 17.8 Å². The predicted octanol–water partition coefficient (Wildman–Crippen LogP) is 5.07. The van der Waals surface area contributed by atoms with Gasteiger partial charge in [0.1, 0.15) is 11.4 Å². The van der Waals surface area contributed by atoms with E-state index in [1.54, 1.807) is 36.4 Å². The van der Waals surface area contributed by atoms with Crippen LogP contribution in [-0.2, 0) is 5.60 Å². The molecule has 1 N–H and O–H groups in total. The molecule has 0 spiro atoms. The van der Waals surface area contributed by atoms with Crippen LogP contribution in [0.4, 0.5) is 26.3 Å². The van der Waals surface area contributed by atoms with Crippen LogP contribution < -0.4 is 0 Å². The van der Waals surface area contributed by atoms with Crippen LogP contribution in [0, 0.1) is 0 Å². The standard InChI is InChI=1S/C21H12F6N4O/c22-20(23,24)19(32,21(25,26)27)12-7-8-13-16(11-12)31-18(15-6-2-4-10-29-15)17(30-13)14-5-1-3-9-28-14/h1-11,32H. The normalized spacial score (nSPS) is 12.8. The number of aliphatic hydroxyl groups is 1. The van der Waals surface area contributed by atoms with Crippen LogP contribution in [0.15, 0.2) is 67.0 Å². The molecule has 3 heterocycles. The van der Waals surface area contributed by atoms with Crippen molar-refractivity contribution >= 4 is 11.0 Å². The van der Waals surface area contributed by atoms with Crippen molar-refractivity contribution in [2.24, 2.45) is 0 Å². The van der Waals surface area contributed by atoms with Crippen molar-refractivity contribution < 1.29 is 31.4 Å². The molecule has 0 aliphatic carbocycles. The van der Waals surface area contributed by atoms with Gasteiger partial charge >= 0.3 is 12.4 Å². The maximum atomic E-state index is 13.3. The van der Waals surface area contributed by atoms with Gasteiger partial charge in [0.05, 0.1) is 22.4 Å². The van der Waals surface area contributed by atoms with Gasteiger partial charge in [0.2, 0.25) is 0 Å². The fraction of sp³-hybridized carbons (Fsp3) is 0.143. The molecule has 164 valence electrons. The highest BCUT2D eigenvalue weighted by atomic mass is 19.4. The lowest BCUT2D eigenvalue weighted by Gasteiger charge is -2.32. The lowest BCUT2D eigenvalue weighted by molar-refractivity contribution is -0.376. The van der Waals surface area contributed by atoms with Crippen LogP contribution in [0.25, 0.3) is 33.8 Å². The van der Waals surface area contributed by atoms with Crippen molar-refractivity contribution in [1.29, 1.82) is 0 Å². The van der Waals surface area contributed by atoms with E-state index in [9.17, 15) is 31.4 Å². The Kier molecular flexibility index (Phi) is 5.08. The third kappa shape index (κ3) is 3.54. The molecule has 32 heavy (non-hydrogen) atoms. The zero-order valence-electron chi connectivity index (χ0n) is 15.9. The number of benzene rings is 1. The smallest absolute Gasteiger partial charge is 0.369 e. The average molecular weight is 450 g/mol. The first-order valence-electron chi connectivity index (χ1n) is 9.03. The first kappa shape index (κ1) is 21.6. The van der Waals surface area contributed by atoms with E-state index in [4.69, 9.17) is 0 Å². The Morgan fingerprint density at radius 1 is 0.625 bits per heavy atom. The minimum absolute atomic E-state index is 0.0146. The maximum absolute atomic E-state index is 13.3. The largest absolute Gasteiger partial charge is 0.430 e. The minimum atomic E-state index is -6.01. The molecule has 0 unspecified atom stereocenters. The van der Waals surface area contributed by atoms with Crippen LogP contribution in [0.1, 0.15) is 5.56 Å². The third-order valence-electron chi connectivity index (χ3n) is 4.72. The number of hydrogen-bond acceptors (Lipinski definition) is 5. The van der Waals surface area contributed by atoms with Gasteiger partial charge < -0.3 is 5.11 Å². The molecule has 5 nitrogen and oxygen atoms in total. The third-order valence-corrected chi connectivity index (χ3v) is 4.72. The Bertz CT molecular complexity index is 1250. The molecule has 0 saturated heterocycles. The SMILES string of the molecule is OC(c1ccc2nc(-c3ccccn3)c(-c3ccccn3)nc2c1)(C(F)(F)F)C(F)(F)F. The number of rotatable bonds is 3. The summed E-state index contributed by atoms with van der Waals surface area (Å²) < 4.78 is 79.7. The number of alkyl halides is 6. The fourth-order valence-corrected chi connectivity index (χ4v) is 3.13. The molecule has 1 aromatic carbocycles. The summed E-state index contributed by atoms with van der Waals surface area (Å²) in [5, 5.41) is 9.71. The van der Waals surface area contributed by atoms with Crippen LogP contribution in [0.2, 0.25) is 0 Å². The highest BCUT2D eigenvalue weighted by Crippen LogP contribution is 2.50. The molecule has 4 aromatic rings. The summed E-state index contributed by atoms with van der Waals surface area (Å²) in [5.74, 6) is 0. The molecule has 0 saturated carbocycles. The van der Waals surface area contributed by atoms with Crippen LogP contribution in [-0.4, -0.2) is 37.4 Å². The lowest BCUT2D eigenvalue weighted by atomic mass is 9.92. The second-order valence-electron chi connectivity index (χ2n) is 6.76. The molecule has 0 fully saturated rings. The molecule has 0 bridgehead atoms. The van der Waals surface area contributed by atoms with Crippen molar-refractivity contribution in [3.8, 4) is 22.8 Å². The molecular formula is C21H12F6N4O. The average Bonchev–Trinajstić information content (AvgIpc) is 2.77. The Morgan fingerprint density at radius 2 is 1.12 bits per heavy atom. The fourth-order valence-electron chi connectivity index (χ4n) is 3.13. The molecule has 0 radical (unpaired) electrons. The second-order valence-corrected chi connectivity index (χ2v) is 6.76. The summed E-state index contributed by atoms with van der Waals surface area (Å²) in [4.78, 5) is 17.0. The van der Waals surface area contributed by atoms with E-state index in [1.807, 2.05) is 0 Å². The molecule has 11 heteroatoms. The predicted molar refractivity (Wildman–Crippen MR) is 102 cm³/mol. The van der Waals surface area contributed by atoms with Gasteiger partial charge in [0.15, 0.2) is 0 Å². The van der Waals surface area contributed by atoms with Gasteiger partial charge in [-0.2, -0.15) is 26.3 Å².